The van der Waals surface area contributed by atoms with Crippen LogP contribution in [0.4, 0.5) is 0 Å². The van der Waals surface area contributed by atoms with Gasteiger partial charge in [0.15, 0.2) is 6.23 Å². The van der Waals surface area contributed by atoms with E-state index in [1.807, 2.05) is 18.2 Å². The number of rotatable bonds is 1. The van der Waals surface area contributed by atoms with Crippen LogP contribution in [-0.4, -0.2) is 31.4 Å². The Hall–Kier alpha value is -1.43. The number of hydrogen-bond donors (Lipinski definition) is 2. The van der Waals surface area contributed by atoms with Crippen LogP contribution in [0.25, 0.3) is 0 Å². The van der Waals surface area contributed by atoms with Crippen LogP contribution in [0, 0.1) is 0 Å². The van der Waals surface area contributed by atoms with Gasteiger partial charge in [0.1, 0.15) is 6.04 Å². The lowest BCUT2D eigenvalue weighted by Crippen LogP contribution is -2.45. The molecule has 17 heavy (non-hydrogen) atoms. The highest BCUT2D eigenvalue weighted by Gasteiger charge is 2.39. The second kappa shape index (κ2) is 4.10. The van der Waals surface area contributed by atoms with Crippen LogP contribution in [0.15, 0.2) is 35.5 Å². The van der Waals surface area contributed by atoms with Gasteiger partial charge in [0, 0.05) is 0 Å². The molecule has 0 radical (unpaired) electrons. The van der Waals surface area contributed by atoms with Gasteiger partial charge in [-0.25, -0.2) is 0 Å². The second-order valence-corrected chi connectivity index (χ2v) is 4.26. The molecule has 2 N–H and O–H groups in total. The van der Waals surface area contributed by atoms with E-state index in [2.05, 4.69) is 16.9 Å². The summed E-state index contributed by atoms with van der Waals surface area (Å²) in [5, 5.41) is 3.10. The van der Waals surface area contributed by atoms with Gasteiger partial charge < -0.3 is 4.74 Å². The lowest BCUT2D eigenvalue weighted by molar-refractivity contribution is -0.143. The Labute approximate surface area is 99.1 Å². The van der Waals surface area contributed by atoms with Gasteiger partial charge in [-0.2, -0.15) is 5.48 Å². The highest BCUT2D eigenvalue weighted by molar-refractivity contribution is 5.77. The molecule has 0 amide bonds. The number of hydroxylamine groups is 1. The summed E-state index contributed by atoms with van der Waals surface area (Å²) in [5.41, 5.74) is 5.27. The maximum absolute atomic E-state index is 11.5. The van der Waals surface area contributed by atoms with E-state index in [9.17, 15) is 4.79 Å². The molecule has 3 atom stereocenters. The molecule has 0 bridgehead atoms. The molecular weight excluding hydrogens is 220 g/mol. The molecule has 1 aliphatic carbocycles. The Bertz CT molecular complexity index is 439. The van der Waals surface area contributed by atoms with Crippen molar-refractivity contribution in [3.05, 3.63) is 35.5 Å². The average Bonchev–Trinajstić information content (AvgIpc) is 2.82. The first-order chi connectivity index (χ1) is 8.29. The van der Waals surface area contributed by atoms with Crippen LogP contribution in [0.2, 0.25) is 0 Å². The van der Waals surface area contributed by atoms with E-state index in [0.29, 0.717) is 6.42 Å². The summed E-state index contributed by atoms with van der Waals surface area (Å²) in [7, 11) is 1.40. The van der Waals surface area contributed by atoms with E-state index >= 15 is 0 Å². The molecule has 1 fully saturated rings. The van der Waals surface area contributed by atoms with E-state index in [-0.39, 0.29) is 24.3 Å². The Morgan fingerprint density at radius 2 is 2.41 bits per heavy atom. The van der Waals surface area contributed by atoms with Gasteiger partial charge in [-0.05, 0) is 17.6 Å². The van der Waals surface area contributed by atoms with Gasteiger partial charge in [-0.3, -0.25) is 14.9 Å². The normalized spacial score (nSPS) is 34.5. The van der Waals surface area contributed by atoms with Gasteiger partial charge in [-0.1, -0.05) is 24.3 Å². The number of allylic oxidation sites excluding steroid dienone is 2. The first-order valence-electron chi connectivity index (χ1n) is 5.62. The molecule has 5 heteroatoms. The largest absolute Gasteiger partial charge is 0.468 e. The van der Waals surface area contributed by atoms with Gasteiger partial charge >= 0.3 is 5.97 Å². The topological polar surface area (TPSA) is 59.6 Å². The van der Waals surface area contributed by atoms with Gasteiger partial charge in [-0.15, -0.1) is 0 Å². The lowest BCUT2D eigenvalue weighted by atomic mass is 9.94. The van der Waals surface area contributed by atoms with E-state index < -0.39 is 0 Å². The van der Waals surface area contributed by atoms with Crippen LogP contribution in [0.1, 0.15) is 6.42 Å². The van der Waals surface area contributed by atoms with Crippen molar-refractivity contribution in [1.29, 1.82) is 0 Å². The predicted molar refractivity (Wildman–Crippen MR) is 60.7 cm³/mol. The van der Waals surface area contributed by atoms with Crippen molar-refractivity contribution < 1.29 is 14.4 Å². The van der Waals surface area contributed by atoms with E-state index in [1.54, 1.807) is 0 Å². The molecule has 2 aliphatic heterocycles. The molecule has 90 valence electrons. The van der Waals surface area contributed by atoms with Crippen molar-refractivity contribution in [1.82, 2.24) is 10.8 Å². The number of hydrogen-bond acceptors (Lipinski definition) is 5. The number of carbonyl (C=O) groups excluding carboxylic acids is 1. The first kappa shape index (κ1) is 10.7. The minimum Gasteiger partial charge on any atom is -0.468 e. The Kier molecular flexibility index (Phi) is 2.58. The summed E-state index contributed by atoms with van der Waals surface area (Å²) in [5.74, 6) is -0.247. The van der Waals surface area contributed by atoms with Crippen LogP contribution in [0.5, 0.6) is 0 Å². The molecule has 0 aromatic rings. The summed E-state index contributed by atoms with van der Waals surface area (Å²) in [6.45, 7) is 0. The van der Waals surface area contributed by atoms with Crippen LogP contribution >= 0.6 is 0 Å². The lowest BCUT2D eigenvalue weighted by Gasteiger charge is -2.29. The van der Waals surface area contributed by atoms with Crippen LogP contribution < -0.4 is 10.8 Å². The van der Waals surface area contributed by atoms with Crippen molar-refractivity contribution >= 4 is 5.97 Å². The fourth-order valence-electron chi connectivity index (χ4n) is 2.43. The maximum Gasteiger partial charge on any atom is 0.323 e. The maximum atomic E-state index is 11.5. The molecule has 0 spiro atoms. The zero-order valence-corrected chi connectivity index (χ0v) is 9.47. The van der Waals surface area contributed by atoms with E-state index in [4.69, 9.17) is 9.57 Å². The molecule has 1 saturated heterocycles. The van der Waals surface area contributed by atoms with Crippen molar-refractivity contribution in [2.24, 2.45) is 0 Å². The van der Waals surface area contributed by atoms with Crippen LogP contribution in [0.3, 0.4) is 0 Å². The number of nitrogens with one attached hydrogen (secondary N) is 2. The fraction of sp³-hybridized carbons (Fsp3) is 0.417. The van der Waals surface area contributed by atoms with Crippen molar-refractivity contribution in [2.75, 3.05) is 7.11 Å². The molecule has 2 heterocycles. The highest BCUT2D eigenvalue weighted by atomic mass is 16.7. The Morgan fingerprint density at radius 3 is 3.24 bits per heavy atom. The highest BCUT2D eigenvalue weighted by Crippen LogP contribution is 2.31. The Balaban J connectivity index is 1.89. The summed E-state index contributed by atoms with van der Waals surface area (Å²) < 4.78 is 4.74. The smallest absolute Gasteiger partial charge is 0.323 e. The SMILES string of the molecule is COC(=O)C1CC2=C3C=CC=CC3NOC2N1. The van der Waals surface area contributed by atoms with Crippen molar-refractivity contribution in [2.45, 2.75) is 24.7 Å². The second-order valence-electron chi connectivity index (χ2n) is 4.26. The number of ether oxygens (including phenoxy) is 1. The summed E-state index contributed by atoms with van der Waals surface area (Å²) in [6, 6.07) is -0.225. The molecule has 0 aromatic heterocycles. The zero-order valence-electron chi connectivity index (χ0n) is 9.47. The molecule has 0 aromatic carbocycles. The first-order valence-corrected chi connectivity index (χ1v) is 5.62. The molecule has 5 nitrogen and oxygen atoms in total. The van der Waals surface area contributed by atoms with E-state index in [0.717, 1.165) is 5.57 Å². The summed E-state index contributed by atoms with van der Waals surface area (Å²) in [6.07, 6.45) is 8.47. The third kappa shape index (κ3) is 1.72. The predicted octanol–water partition coefficient (Wildman–Crippen LogP) is 0.173. The molecular formula is C12H14N2O3. The van der Waals surface area contributed by atoms with Gasteiger partial charge in [0.05, 0.1) is 13.2 Å². The van der Waals surface area contributed by atoms with Crippen LogP contribution in [-0.2, 0) is 14.4 Å². The number of carbonyl (C=O) groups is 1. The molecule has 0 saturated carbocycles. The van der Waals surface area contributed by atoms with Crippen molar-refractivity contribution in [3.8, 4) is 0 Å². The van der Waals surface area contributed by atoms with Crippen molar-refractivity contribution in [3.63, 3.8) is 0 Å². The molecule has 3 unspecified atom stereocenters. The third-order valence-electron chi connectivity index (χ3n) is 3.29. The minimum atomic E-state index is -0.313. The molecule has 3 aliphatic rings. The third-order valence-corrected chi connectivity index (χ3v) is 3.29. The zero-order chi connectivity index (χ0) is 11.8. The molecule has 3 rings (SSSR count). The number of fused-ring (bicyclic) bond motifs is 2. The monoisotopic (exact) mass is 234 g/mol. The fourth-order valence-corrected chi connectivity index (χ4v) is 2.43. The number of esters is 1. The summed E-state index contributed by atoms with van der Waals surface area (Å²) in [4.78, 5) is 17.0. The standard InChI is InChI=1S/C12H14N2O3/c1-16-12(15)10-6-8-7-4-2-3-5-9(7)14-17-11(8)13-10/h2-5,9-11,13-14H,6H2,1H3. The average molecular weight is 234 g/mol. The Morgan fingerprint density at radius 1 is 1.53 bits per heavy atom. The summed E-state index contributed by atoms with van der Waals surface area (Å²) >= 11 is 0. The van der Waals surface area contributed by atoms with Gasteiger partial charge in [0.25, 0.3) is 0 Å². The quantitative estimate of drug-likeness (QED) is 0.633. The van der Waals surface area contributed by atoms with E-state index in [1.165, 1.54) is 12.7 Å². The van der Waals surface area contributed by atoms with Gasteiger partial charge in [0.2, 0.25) is 0 Å². The minimum absolute atomic E-state index is 0.0875. The number of methoxy groups -OCH3 is 1.